The van der Waals surface area contributed by atoms with Gasteiger partial charge in [0.1, 0.15) is 11.6 Å². The summed E-state index contributed by atoms with van der Waals surface area (Å²) in [5.74, 6) is 0.541. The number of nitrogens with one attached hydrogen (secondary N) is 1. The van der Waals surface area contributed by atoms with Gasteiger partial charge < -0.3 is 9.84 Å². The van der Waals surface area contributed by atoms with Crippen molar-refractivity contribution < 1.29 is 13.7 Å². The van der Waals surface area contributed by atoms with E-state index >= 15 is 0 Å². The molecule has 0 aliphatic carbocycles. The number of hydrogen-bond acceptors (Lipinski definition) is 6. The zero-order valence-electron chi connectivity index (χ0n) is 15.7. The smallest absolute Gasteiger partial charge is 0.236 e. The molecular weight excluding hydrogens is 429 g/mol. The van der Waals surface area contributed by atoms with E-state index in [4.69, 9.17) is 16.1 Å². The summed E-state index contributed by atoms with van der Waals surface area (Å²) in [4.78, 5) is 12.3. The van der Waals surface area contributed by atoms with Gasteiger partial charge in [-0.1, -0.05) is 52.8 Å². The molecule has 4 rings (SSSR count). The number of halogens is 2. The van der Waals surface area contributed by atoms with Crippen molar-refractivity contribution in [2.24, 2.45) is 0 Å². The summed E-state index contributed by atoms with van der Waals surface area (Å²) in [5.41, 5.74) is 0.858. The Labute approximate surface area is 180 Å². The van der Waals surface area contributed by atoms with Gasteiger partial charge in [-0.3, -0.25) is 9.36 Å². The maximum Gasteiger partial charge on any atom is 0.236 e. The fourth-order valence-corrected chi connectivity index (χ4v) is 3.73. The van der Waals surface area contributed by atoms with Gasteiger partial charge in [-0.2, -0.15) is 0 Å². The number of carbonyl (C=O) groups is 1. The van der Waals surface area contributed by atoms with E-state index in [0.29, 0.717) is 33.1 Å². The number of carbonyl (C=O) groups excluding carboxylic acids is 1. The molecule has 0 spiro atoms. The molecule has 1 amide bonds. The monoisotopic (exact) mass is 443 g/mol. The molecule has 2 aromatic carbocycles. The fraction of sp³-hybridized carbons (Fsp3) is 0.100. The molecule has 0 bridgehead atoms. The number of rotatable bonds is 6. The van der Waals surface area contributed by atoms with Gasteiger partial charge in [-0.05, 0) is 31.2 Å². The van der Waals surface area contributed by atoms with E-state index in [1.165, 1.54) is 6.07 Å². The zero-order valence-corrected chi connectivity index (χ0v) is 17.2. The number of anilines is 1. The molecule has 7 nitrogen and oxygen atoms in total. The number of amides is 1. The third-order valence-electron chi connectivity index (χ3n) is 4.07. The predicted molar refractivity (Wildman–Crippen MR) is 112 cm³/mol. The quantitative estimate of drug-likeness (QED) is 0.432. The Hall–Kier alpha value is -3.17. The molecule has 2 heterocycles. The minimum Gasteiger partial charge on any atom is -0.360 e. The number of hydrogen-bond donors (Lipinski definition) is 1. The number of thioether (sulfide) groups is 1. The molecule has 152 valence electrons. The molecule has 0 saturated heterocycles. The summed E-state index contributed by atoms with van der Waals surface area (Å²) >= 11 is 7.44. The highest BCUT2D eigenvalue weighted by atomic mass is 35.5. The van der Waals surface area contributed by atoms with Gasteiger partial charge in [0.2, 0.25) is 5.91 Å². The van der Waals surface area contributed by atoms with Crippen molar-refractivity contribution in [3.05, 3.63) is 71.2 Å². The second-order valence-electron chi connectivity index (χ2n) is 6.23. The Morgan fingerprint density at radius 1 is 1.20 bits per heavy atom. The lowest BCUT2D eigenvalue weighted by Crippen LogP contribution is -2.15. The maximum absolute atomic E-state index is 14.6. The molecule has 0 aliphatic heterocycles. The lowest BCUT2D eigenvalue weighted by Gasteiger charge is -2.12. The minimum absolute atomic E-state index is 0.0149. The number of nitrogens with zero attached hydrogens (tertiary/aromatic N) is 4. The number of para-hydroxylation sites is 1. The Balaban J connectivity index is 1.65. The Kier molecular flexibility index (Phi) is 5.82. The third kappa shape index (κ3) is 4.22. The van der Waals surface area contributed by atoms with Crippen LogP contribution >= 0.6 is 23.4 Å². The molecule has 0 radical (unpaired) electrons. The standard InChI is InChI=1S/C20H15ClFN5O2S/c1-12-10-17(26-29-12)23-18(28)11-30-20-25-24-19(13-6-2-3-7-14(13)21)27(20)16-9-5-4-8-15(16)22/h2-10H,11H2,1H3,(H,23,26,28). The molecule has 0 unspecified atom stereocenters. The van der Waals surface area contributed by atoms with Crippen LogP contribution in [0.1, 0.15) is 5.76 Å². The molecule has 4 aromatic rings. The summed E-state index contributed by atoms with van der Waals surface area (Å²) in [6.07, 6.45) is 0. The Morgan fingerprint density at radius 2 is 1.97 bits per heavy atom. The van der Waals surface area contributed by atoms with Crippen LogP contribution in [-0.2, 0) is 4.79 Å². The molecule has 1 N–H and O–H groups in total. The molecule has 0 atom stereocenters. The molecule has 0 fully saturated rings. The predicted octanol–water partition coefficient (Wildman–Crippen LogP) is 4.75. The van der Waals surface area contributed by atoms with Crippen molar-refractivity contribution in [1.29, 1.82) is 0 Å². The van der Waals surface area contributed by atoms with Crippen LogP contribution in [0.2, 0.25) is 5.02 Å². The first-order chi connectivity index (χ1) is 14.5. The molecule has 2 aromatic heterocycles. The average Bonchev–Trinajstić information content (AvgIpc) is 3.33. The summed E-state index contributed by atoms with van der Waals surface area (Å²) in [7, 11) is 0. The number of aryl methyl sites for hydroxylation is 1. The summed E-state index contributed by atoms with van der Waals surface area (Å²) in [6, 6.07) is 15.0. The fourth-order valence-electron chi connectivity index (χ4n) is 2.77. The van der Waals surface area contributed by atoms with E-state index < -0.39 is 5.82 Å². The molecule has 0 aliphatic rings. The van der Waals surface area contributed by atoms with Crippen molar-refractivity contribution in [3.8, 4) is 17.1 Å². The van der Waals surface area contributed by atoms with Crippen LogP contribution in [0.25, 0.3) is 17.1 Å². The van der Waals surface area contributed by atoms with Gasteiger partial charge in [-0.15, -0.1) is 10.2 Å². The second kappa shape index (κ2) is 8.68. The van der Waals surface area contributed by atoms with Crippen LogP contribution in [0.3, 0.4) is 0 Å². The molecule has 30 heavy (non-hydrogen) atoms. The van der Waals surface area contributed by atoms with Crippen LogP contribution < -0.4 is 5.32 Å². The zero-order chi connectivity index (χ0) is 21.1. The van der Waals surface area contributed by atoms with Gasteiger partial charge in [0.05, 0.1) is 16.5 Å². The van der Waals surface area contributed by atoms with Crippen LogP contribution in [0.5, 0.6) is 0 Å². The van der Waals surface area contributed by atoms with Gasteiger partial charge in [-0.25, -0.2) is 4.39 Å². The first-order valence-electron chi connectivity index (χ1n) is 8.84. The first-order valence-corrected chi connectivity index (χ1v) is 10.2. The molecular formula is C20H15ClFN5O2S. The lowest BCUT2D eigenvalue weighted by atomic mass is 10.2. The second-order valence-corrected chi connectivity index (χ2v) is 7.58. The van der Waals surface area contributed by atoms with E-state index in [-0.39, 0.29) is 17.3 Å². The summed E-state index contributed by atoms with van der Waals surface area (Å²) < 4.78 is 21.1. The van der Waals surface area contributed by atoms with Crippen LogP contribution in [0.15, 0.2) is 64.3 Å². The van der Waals surface area contributed by atoms with Crippen LogP contribution in [0, 0.1) is 12.7 Å². The van der Waals surface area contributed by atoms with Crippen molar-refractivity contribution in [2.75, 3.05) is 11.1 Å². The van der Waals surface area contributed by atoms with Crippen LogP contribution in [-0.4, -0.2) is 31.6 Å². The normalized spacial score (nSPS) is 10.9. The summed E-state index contributed by atoms with van der Waals surface area (Å²) in [6.45, 7) is 1.73. The average molecular weight is 444 g/mol. The maximum atomic E-state index is 14.6. The number of aromatic nitrogens is 4. The Bertz CT molecular complexity index is 1210. The summed E-state index contributed by atoms with van der Waals surface area (Å²) in [5, 5.41) is 15.5. The molecule has 10 heteroatoms. The number of benzene rings is 2. The minimum atomic E-state index is -0.449. The van der Waals surface area contributed by atoms with E-state index in [1.54, 1.807) is 54.0 Å². The van der Waals surface area contributed by atoms with E-state index in [9.17, 15) is 9.18 Å². The SMILES string of the molecule is Cc1cc(NC(=O)CSc2nnc(-c3ccccc3Cl)n2-c2ccccc2F)no1. The van der Waals surface area contributed by atoms with Gasteiger partial charge in [0, 0.05) is 11.6 Å². The van der Waals surface area contributed by atoms with E-state index in [1.807, 2.05) is 6.07 Å². The third-order valence-corrected chi connectivity index (χ3v) is 5.33. The Morgan fingerprint density at radius 3 is 2.70 bits per heavy atom. The van der Waals surface area contributed by atoms with Gasteiger partial charge >= 0.3 is 0 Å². The van der Waals surface area contributed by atoms with Crippen molar-refractivity contribution in [2.45, 2.75) is 12.1 Å². The van der Waals surface area contributed by atoms with Crippen LogP contribution in [0.4, 0.5) is 10.2 Å². The highest BCUT2D eigenvalue weighted by Crippen LogP contribution is 2.32. The highest BCUT2D eigenvalue weighted by molar-refractivity contribution is 7.99. The highest BCUT2D eigenvalue weighted by Gasteiger charge is 2.21. The van der Waals surface area contributed by atoms with Gasteiger partial charge in [0.15, 0.2) is 16.8 Å². The van der Waals surface area contributed by atoms with Crippen molar-refractivity contribution >= 4 is 35.1 Å². The van der Waals surface area contributed by atoms with E-state index in [2.05, 4.69) is 20.7 Å². The van der Waals surface area contributed by atoms with E-state index in [0.717, 1.165) is 11.8 Å². The topological polar surface area (TPSA) is 85.8 Å². The van der Waals surface area contributed by atoms with Crippen molar-refractivity contribution in [1.82, 2.24) is 19.9 Å². The van der Waals surface area contributed by atoms with Crippen molar-refractivity contribution in [3.63, 3.8) is 0 Å². The lowest BCUT2D eigenvalue weighted by molar-refractivity contribution is -0.113. The molecule has 0 saturated carbocycles. The first kappa shape index (κ1) is 20.1. The van der Waals surface area contributed by atoms with Gasteiger partial charge in [0.25, 0.3) is 0 Å². The largest absolute Gasteiger partial charge is 0.360 e.